The molecule has 0 radical (unpaired) electrons. The summed E-state index contributed by atoms with van der Waals surface area (Å²) in [5.41, 5.74) is 0.397. The van der Waals surface area contributed by atoms with E-state index in [2.05, 4.69) is 9.88 Å². The maximum Gasteiger partial charge on any atom is 0.208 e. The number of rotatable bonds is 2. The zero-order chi connectivity index (χ0) is 11.8. The minimum Gasteiger partial charge on any atom is -0.444 e. The quantitative estimate of drug-likeness (QED) is 0.829. The van der Waals surface area contributed by atoms with Crippen LogP contribution in [0.25, 0.3) is 0 Å². The van der Waals surface area contributed by atoms with Gasteiger partial charge in [-0.3, -0.25) is 4.90 Å². The van der Waals surface area contributed by atoms with Gasteiger partial charge in [0.05, 0.1) is 17.8 Å². The molecule has 1 aliphatic heterocycles. The van der Waals surface area contributed by atoms with Crippen LogP contribution in [0.2, 0.25) is 0 Å². The molecule has 2 heterocycles. The Morgan fingerprint density at radius 3 is 2.81 bits per heavy atom. The number of oxazole rings is 1. The normalized spacial score (nSPS) is 27.2. The van der Waals surface area contributed by atoms with E-state index in [1.54, 1.807) is 0 Å². The zero-order valence-corrected chi connectivity index (χ0v) is 10.3. The Morgan fingerprint density at radius 1 is 1.50 bits per heavy atom. The summed E-state index contributed by atoms with van der Waals surface area (Å²) in [6.45, 7) is 8.19. The summed E-state index contributed by atoms with van der Waals surface area (Å²) in [5, 5.41) is 9.99. The number of hydrogen-bond acceptors (Lipinski definition) is 4. The predicted molar refractivity (Wildman–Crippen MR) is 61.1 cm³/mol. The lowest BCUT2D eigenvalue weighted by Gasteiger charge is -2.36. The van der Waals surface area contributed by atoms with E-state index in [0.717, 1.165) is 36.7 Å². The first-order chi connectivity index (χ1) is 7.46. The van der Waals surface area contributed by atoms with Crippen molar-refractivity contribution in [3.8, 4) is 0 Å². The molecule has 1 unspecified atom stereocenters. The molecule has 16 heavy (non-hydrogen) atoms. The number of aliphatic hydroxyl groups is 1. The van der Waals surface area contributed by atoms with Gasteiger partial charge < -0.3 is 9.52 Å². The third kappa shape index (κ3) is 2.62. The molecule has 0 spiro atoms. The van der Waals surface area contributed by atoms with E-state index in [1.165, 1.54) is 0 Å². The van der Waals surface area contributed by atoms with Crippen LogP contribution in [-0.4, -0.2) is 33.7 Å². The molecule has 0 saturated carbocycles. The van der Waals surface area contributed by atoms with Crippen LogP contribution in [-0.2, 0) is 6.54 Å². The average Bonchev–Trinajstić information content (AvgIpc) is 2.43. The van der Waals surface area contributed by atoms with Crippen molar-refractivity contribution in [2.24, 2.45) is 0 Å². The first-order valence-corrected chi connectivity index (χ1v) is 5.84. The van der Waals surface area contributed by atoms with Crippen molar-refractivity contribution in [1.82, 2.24) is 9.88 Å². The van der Waals surface area contributed by atoms with Gasteiger partial charge in [0.15, 0.2) is 0 Å². The highest BCUT2D eigenvalue weighted by Gasteiger charge is 2.28. The van der Waals surface area contributed by atoms with Crippen molar-refractivity contribution in [2.75, 3.05) is 13.1 Å². The van der Waals surface area contributed by atoms with Crippen LogP contribution in [0.3, 0.4) is 0 Å². The Labute approximate surface area is 96.3 Å². The van der Waals surface area contributed by atoms with Gasteiger partial charge in [-0.15, -0.1) is 0 Å². The van der Waals surface area contributed by atoms with Gasteiger partial charge >= 0.3 is 0 Å². The summed E-state index contributed by atoms with van der Waals surface area (Å²) in [7, 11) is 0. The van der Waals surface area contributed by atoms with Crippen LogP contribution in [0, 0.1) is 13.8 Å². The molecule has 0 aromatic carbocycles. The third-order valence-corrected chi connectivity index (χ3v) is 3.19. The Morgan fingerprint density at radius 2 is 2.25 bits per heavy atom. The fourth-order valence-electron chi connectivity index (χ4n) is 2.26. The minimum atomic E-state index is -0.561. The molecule has 1 saturated heterocycles. The largest absolute Gasteiger partial charge is 0.444 e. The van der Waals surface area contributed by atoms with E-state index in [9.17, 15) is 5.11 Å². The van der Waals surface area contributed by atoms with Gasteiger partial charge in [-0.25, -0.2) is 4.98 Å². The first-order valence-electron chi connectivity index (χ1n) is 5.84. The van der Waals surface area contributed by atoms with Crippen molar-refractivity contribution in [3.05, 3.63) is 17.3 Å². The summed E-state index contributed by atoms with van der Waals surface area (Å²) in [6.07, 6.45) is 1.92. The molecule has 1 atom stereocenters. The molecule has 1 aliphatic rings. The molecular weight excluding hydrogens is 204 g/mol. The highest BCUT2D eigenvalue weighted by atomic mass is 16.4. The second-order valence-corrected chi connectivity index (χ2v) is 5.06. The molecule has 0 bridgehead atoms. The van der Waals surface area contributed by atoms with Crippen molar-refractivity contribution in [3.63, 3.8) is 0 Å². The summed E-state index contributed by atoms with van der Waals surface area (Å²) in [5.74, 6) is 1.64. The van der Waals surface area contributed by atoms with Crippen molar-refractivity contribution in [2.45, 2.75) is 45.8 Å². The standard InChI is InChI=1S/C12H20N2O2/c1-9-10(2)16-11(13-9)7-14-6-4-5-12(3,15)8-14/h15H,4-8H2,1-3H3. The fraction of sp³-hybridized carbons (Fsp3) is 0.750. The number of piperidine rings is 1. The van der Waals surface area contributed by atoms with Crippen LogP contribution in [0.1, 0.15) is 37.1 Å². The number of β-amino-alcohol motifs (C(OH)–C–C–N with tert-alkyl or cyclic N) is 1. The molecule has 1 N–H and O–H groups in total. The van der Waals surface area contributed by atoms with Gasteiger partial charge in [-0.1, -0.05) is 0 Å². The summed E-state index contributed by atoms with van der Waals surface area (Å²) < 4.78 is 5.55. The maximum absolute atomic E-state index is 9.99. The number of nitrogens with zero attached hydrogens (tertiary/aromatic N) is 2. The molecule has 1 aromatic rings. The van der Waals surface area contributed by atoms with Crippen LogP contribution >= 0.6 is 0 Å². The van der Waals surface area contributed by atoms with Crippen molar-refractivity contribution < 1.29 is 9.52 Å². The highest BCUT2D eigenvalue weighted by molar-refractivity contribution is 5.05. The lowest BCUT2D eigenvalue weighted by molar-refractivity contribution is -0.0203. The van der Waals surface area contributed by atoms with Crippen LogP contribution in [0.4, 0.5) is 0 Å². The van der Waals surface area contributed by atoms with Crippen LogP contribution in [0.5, 0.6) is 0 Å². The van der Waals surface area contributed by atoms with Gasteiger partial charge in [0, 0.05) is 6.54 Å². The van der Waals surface area contributed by atoms with E-state index < -0.39 is 5.60 Å². The maximum atomic E-state index is 9.99. The smallest absolute Gasteiger partial charge is 0.208 e. The molecule has 1 aromatic heterocycles. The van der Waals surface area contributed by atoms with E-state index in [4.69, 9.17) is 4.42 Å². The second-order valence-electron chi connectivity index (χ2n) is 5.06. The Bertz CT molecular complexity index is 352. The number of aromatic nitrogens is 1. The molecule has 2 rings (SSSR count). The molecule has 0 aliphatic carbocycles. The van der Waals surface area contributed by atoms with E-state index >= 15 is 0 Å². The van der Waals surface area contributed by atoms with Crippen molar-refractivity contribution in [1.29, 1.82) is 0 Å². The zero-order valence-electron chi connectivity index (χ0n) is 10.3. The SMILES string of the molecule is Cc1nc(CN2CCCC(C)(O)C2)oc1C. The van der Waals surface area contributed by atoms with E-state index in [-0.39, 0.29) is 0 Å². The lowest BCUT2D eigenvalue weighted by Crippen LogP contribution is -2.45. The van der Waals surface area contributed by atoms with E-state index in [0.29, 0.717) is 13.1 Å². The van der Waals surface area contributed by atoms with E-state index in [1.807, 2.05) is 20.8 Å². The number of aryl methyl sites for hydroxylation is 2. The average molecular weight is 224 g/mol. The topological polar surface area (TPSA) is 49.5 Å². The highest BCUT2D eigenvalue weighted by Crippen LogP contribution is 2.22. The molecule has 1 fully saturated rings. The first kappa shape index (κ1) is 11.6. The monoisotopic (exact) mass is 224 g/mol. The molecular formula is C12H20N2O2. The summed E-state index contributed by atoms with van der Waals surface area (Å²) >= 11 is 0. The minimum absolute atomic E-state index is 0.561. The fourth-order valence-corrected chi connectivity index (χ4v) is 2.26. The predicted octanol–water partition coefficient (Wildman–Crippen LogP) is 1.64. The van der Waals surface area contributed by atoms with Gasteiger partial charge in [0.2, 0.25) is 5.89 Å². The Balaban J connectivity index is 1.99. The molecule has 90 valence electrons. The van der Waals surface area contributed by atoms with Gasteiger partial charge in [0.25, 0.3) is 0 Å². The Hall–Kier alpha value is -0.870. The second kappa shape index (κ2) is 4.18. The third-order valence-electron chi connectivity index (χ3n) is 3.19. The summed E-state index contributed by atoms with van der Waals surface area (Å²) in [6, 6.07) is 0. The lowest BCUT2D eigenvalue weighted by atomic mass is 9.95. The number of hydrogen-bond donors (Lipinski definition) is 1. The van der Waals surface area contributed by atoms with Crippen LogP contribution < -0.4 is 0 Å². The summed E-state index contributed by atoms with van der Waals surface area (Å²) in [4.78, 5) is 6.56. The molecule has 4 heteroatoms. The molecule has 4 nitrogen and oxygen atoms in total. The van der Waals surface area contributed by atoms with Gasteiger partial charge in [-0.2, -0.15) is 0 Å². The van der Waals surface area contributed by atoms with Crippen LogP contribution in [0.15, 0.2) is 4.42 Å². The van der Waals surface area contributed by atoms with Crippen molar-refractivity contribution >= 4 is 0 Å². The van der Waals surface area contributed by atoms with Gasteiger partial charge in [-0.05, 0) is 40.2 Å². The van der Waals surface area contributed by atoms with Gasteiger partial charge in [0.1, 0.15) is 5.76 Å². The molecule has 0 amide bonds. The number of likely N-dealkylation sites (tertiary alicyclic amines) is 1. The Kier molecular flexibility index (Phi) is 3.04.